The number of rotatable bonds is 9. The molecule has 0 bridgehead atoms. The quantitative estimate of drug-likeness (QED) is 0.500. The topological polar surface area (TPSA) is 12.4 Å². The molecule has 17 heavy (non-hydrogen) atoms. The summed E-state index contributed by atoms with van der Waals surface area (Å²) in [5, 5.41) is 1.29. The molecule has 0 saturated carbocycles. The third-order valence-corrected chi connectivity index (χ3v) is 5.22. The van der Waals surface area contributed by atoms with Gasteiger partial charge in [0.1, 0.15) is 0 Å². The van der Waals surface area contributed by atoms with E-state index in [9.17, 15) is 0 Å². The van der Waals surface area contributed by atoms with Crippen LogP contribution in [0.25, 0.3) is 0 Å². The Kier molecular flexibility index (Phi) is 8.00. The highest BCUT2D eigenvalue weighted by atomic mass is 32.2. The molecular weight excluding hydrogens is 226 g/mol. The van der Waals surface area contributed by atoms with Crippen molar-refractivity contribution < 1.29 is 0 Å². The number of hydrogen-bond donors (Lipinski definition) is 0. The lowest BCUT2D eigenvalue weighted by Crippen LogP contribution is -2.06. The molecular formula is C15H29NS. The third-order valence-electron chi connectivity index (χ3n) is 3.56. The van der Waals surface area contributed by atoms with E-state index in [1.807, 2.05) is 0 Å². The van der Waals surface area contributed by atoms with Crippen molar-refractivity contribution in [3.05, 3.63) is 0 Å². The van der Waals surface area contributed by atoms with Crippen LogP contribution in [0.2, 0.25) is 0 Å². The zero-order valence-corrected chi connectivity index (χ0v) is 12.7. The first-order valence-corrected chi connectivity index (χ1v) is 8.42. The summed E-state index contributed by atoms with van der Waals surface area (Å²) < 4.78 is 0. The van der Waals surface area contributed by atoms with Crippen molar-refractivity contribution in [2.75, 3.05) is 0 Å². The number of hydrogen-bond acceptors (Lipinski definition) is 2. The summed E-state index contributed by atoms with van der Waals surface area (Å²) in [4.78, 5) is 4.77. The standard InChI is InChI=1S/C15H29NS/c1-4-6-7-8-9-10-11-12-15-16-13(3)14(5-2)17-15/h14-15H,4-12H2,1-3H3/t14-,15+/m0/s1. The maximum absolute atomic E-state index is 4.77. The van der Waals surface area contributed by atoms with Gasteiger partial charge in [0, 0.05) is 11.0 Å². The van der Waals surface area contributed by atoms with Crippen molar-refractivity contribution in [1.29, 1.82) is 0 Å². The molecule has 2 atom stereocenters. The van der Waals surface area contributed by atoms with Gasteiger partial charge in [-0.2, -0.15) is 0 Å². The zero-order chi connectivity index (χ0) is 12.5. The van der Waals surface area contributed by atoms with Crippen LogP contribution in [0, 0.1) is 0 Å². The number of thioether (sulfide) groups is 1. The average Bonchev–Trinajstić information content (AvgIpc) is 2.68. The molecule has 0 fully saturated rings. The zero-order valence-electron chi connectivity index (χ0n) is 11.9. The molecule has 0 spiro atoms. The number of aliphatic imine (C=N–C) groups is 1. The molecule has 0 aromatic carbocycles. The summed E-state index contributed by atoms with van der Waals surface area (Å²) in [6, 6.07) is 0. The molecule has 0 unspecified atom stereocenters. The van der Waals surface area contributed by atoms with E-state index in [1.54, 1.807) is 0 Å². The highest BCUT2D eigenvalue weighted by Crippen LogP contribution is 2.32. The van der Waals surface area contributed by atoms with E-state index in [-0.39, 0.29) is 0 Å². The van der Waals surface area contributed by atoms with Crippen LogP contribution in [-0.2, 0) is 0 Å². The summed E-state index contributed by atoms with van der Waals surface area (Å²) in [6.07, 6.45) is 12.4. The van der Waals surface area contributed by atoms with Crippen LogP contribution < -0.4 is 0 Å². The van der Waals surface area contributed by atoms with Gasteiger partial charge >= 0.3 is 0 Å². The average molecular weight is 255 g/mol. The normalized spacial score (nSPS) is 24.1. The van der Waals surface area contributed by atoms with Crippen LogP contribution in [0.5, 0.6) is 0 Å². The molecule has 100 valence electrons. The van der Waals surface area contributed by atoms with Crippen LogP contribution in [0.15, 0.2) is 4.99 Å². The van der Waals surface area contributed by atoms with Crippen LogP contribution in [-0.4, -0.2) is 16.3 Å². The molecule has 0 radical (unpaired) electrons. The summed E-state index contributed by atoms with van der Waals surface area (Å²) in [5.74, 6) is 0. The first-order chi connectivity index (χ1) is 8.27. The second-order valence-electron chi connectivity index (χ2n) is 5.17. The summed E-state index contributed by atoms with van der Waals surface area (Å²) in [6.45, 7) is 6.75. The van der Waals surface area contributed by atoms with Crippen molar-refractivity contribution in [3.63, 3.8) is 0 Å². The van der Waals surface area contributed by atoms with Crippen molar-refractivity contribution >= 4 is 17.5 Å². The minimum Gasteiger partial charge on any atom is -0.279 e. The van der Waals surface area contributed by atoms with Crippen molar-refractivity contribution in [2.24, 2.45) is 4.99 Å². The molecule has 1 nitrogen and oxygen atoms in total. The second-order valence-corrected chi connectivity index (χ2v) is 6.55. The lowest BCUT2D eigenvalue weighted by atomic mass is 10.1. The van der Waals surface area contributed by atoms with Gasteiger partial charge in [-0.1, -0.05) is 58.8 Å². The summed E-state index contributed by atoms with van der Waals surface area (Å²) in [7, 11) is 0. The Hall–Kier alpha value is 0.0200. The molecule has 0 saturated heterocycles. The molecule has 2 heteroatoms. The first-order valence-electron chi connectivity index (χ1n) is 7.47. The fourth-order valence-corrected chi connectivity index (χ4v) is 3.79. The van der Waals surface area contributed by atoms with Gasteiger partial charge in [-0.25, -0.2) is 0 Å². The van der Waals surface area contributed by atoms with E-state index < -0.39 is 0 Å². The molecule has 1 heterocycles. The van der Waals surface area contributed by atoms with Gasteiger partial charge in [-0.05, 0) is 19.8 Å². The van der Waals surface area contributed by atoms with Crippen LogP contribution in [0.3, 0.4) is 0 Å². The molecule has 1 rings (SSSR count). The molecule has 0 aromatic rings. The Morgan fingerprint density at radius 2 is 1.65 bits per heavy atom. The Morgan fingerprint density at radius 3 is 2.24 bits per heavy atom. The second kappa shape index (κ2) is 9.02. The molecule has 0 N–H and O–H groups in total. The van der Waals surface area contributed by atoms with Gasteiger partial charge < -0.3 is 0 Å². The highest BCUT2D eigenvalue weighted by Gasteiger charge is 2.23. The minimum absolute atomic E-state index is 0.579. The minimum atomic E-state index is 0.579. The van der Waals surface area contributed by atoms with E-state index in [4.69, 9.17) is 4.99 Å². The maximum Gasteiger partial charge on any atom is 0.0957 e. The van der Waals surface area contributed by atoms with Gasteiger partial charge in [0.15, 0.2) is 0 Å². The van der Waals surface area contributed by atoms with Crippen molar-refractivity contribution in [3.8, 4) is 0 Å². The van der Waals surface area contributed by atoms with Crippen LogP contribution in [0.1, 0.15) is 78.6 Å². The Labute approximate surface area is 112 Å². The van der Waals surface area contributed by atoms with Gasteiger partial charge in [0.25, 0.3) is 0 Å². The van der Waals surface area contributed by atoms with E-state index in [0.717, 1.165) is 0 Å². The first kappa shape index (κ1) is 15.1. The Morgan fingerprint density at radius 1 is 1.00 bits per heavy atom. The number of unbranched alkanes of at least 4 members (excludes halogenated alkanes) is 6. The van der Waals surface area contributed by atoms with Crippen molar-refractivity contribution in [2.45, 2.75) is 89.2 Å². The molecule has 1 aliphatic heterocycles. The van der Waals surface area contributed by atoms with Gasteiger partial charge in [-0.15, -0.1) is 11.8 Å². The summed E-state index contributed by atoms with van der Waals surface area (Å²) in [5.41, 5.74) is 1.38. The molecule has 1 aliphatic rings. The lowest BCUT2D eigenvalue weighted by molar-refractivity contribution is 0.573. The maximum atomic E-state index is 4.77. The monoisotopic (exact) mass is 255 g/mol. The van der Waals surface area contributed by atoms with Crippen molar-refractivity contribution in [1.82, 2.24) is 0 Å². The molecule has 0 aliphatic carbocycles. The van der Waals surface area contributed by atoms with E-state index >= 15 is 0 Å². The largest absolute Gasteiger partial charge is 0.279 e. The van der Waals surface area contributed by atoms with Crippen LogP contribution >= 0.6 is 11.8 Å². The third kappa shape index (κ3) is 5.94. The predicted octanol–water partition coefficient (Wildman–Crippen LogP) is 5.44. The lowest BCUT2D eigenvalue weighted by Gasteiger charge is -2.09. The highest BCUT2D eigenvalue weighted by molar-refractivity contribution is 8.01. The molecule has 0 amide bonds. The van der Waals surface area contributed by atoms with E-state index in [1.165, 1.54) is 63.5 Å². The van der Waals surface area contributed by atoms with Crippen LogP contribution in [0.4, 0.5) is 0 Å². The van der Waals surface area contributed by atoms with E-state index in [0.29, 0.717) is 10.6 Å². The van der Waals surface area contributed by atoms with Gasteiger partial charge in [0.2, 0.25) is 0 Å². The van der Waals surface area contributed by atoms with E-state index in [2.05, 4.69) is 32.5 Å². The number of nitrogens with zero attached hydrogens (tertiary/aromatic N) is 1. The van der Waals surface area contributed by atoms with Gasteiger partial charge in [-0.3, -0.25) is 4.99 Å². The van der Waals surface area contributed by atoms with Gasteiger partial charge in [0.05, 0.1) is 5.37 Å². The Bertz CT molecular complexity index is 225. The predicted molar refractivity (Wildman–Crippen MR) is 81.2 cm³/mol. The summed E-state index contributed by atoms with van der Waals surface area (Å²) >= 11 is 2.09. The fourth-order valence-electron chi connectivity index (χ4n) is 2.43. The molecule has 0 aromatic heterocycles. The smallest absolute Gasteiger partial charge is 0.0957 e. The fraction of sp³-hybridized carbons (Fsp3) is 0.933. The SMILES string of the molecule is CCCCCCCCC[C@@H]1N=C(C)[C@H](CC)S1. The Balaban J connectivity index is 1.97.